The maximum absolute atomic E-state index is 9.03. The molecule has 0 aromatic heterocycles. The van der Waals surface area contributed by atoms with Crippen molar-refractivity contribution < 1.29 is 5.11 Å². The molecular weight excluding hydrogens is 126 g/mol. The number of hydrogen-bond acceptors (Lipinski definition) is 2. The van der Waals surface area contributed by atoms with Crippen LogP contribution >= 0.6 is 0 Å². The molecule has 0 aliphatic carbocycles. The van der Waals surface area contributed by atoms with Crippen molar-refractivity contribution in [1.82, 2.24) is 5.32 Å². The maximum atomic E-state index is 9.03. The Balaban J connectivity index is 3.59. The van der Waals surface area contributed by atoms with Gasteiger partial charge in [0.2, 0.25) is 0 Å². The van der Waals surface area contributed by atoms with E-state index in [1.807, 2.05) is 13.8 Å². The van der Waals surface area contributed by atoms with Crippen molar-refractivity contribution in [3.8, 4) is 12.3 Å². The minimum Gasteiger partial charge on any atom is -0.392 e. The van der Waals surface area contributed by atoms with E-state index in [0.29, 0.717) is 0 Å². The van der Waals surface area contributed by atoms with Gasteiger partial charge in [-0.2, -0.15) is 0 Å². The standard InChI is InChI=1S/C8H15NO/c1-5-6(2)9-7(3)8(4)10/h1,6-10H,2-4H3. The van der Waals surface area contributed by atoms with Crippen LogP contribution in [0.4, 0.5) is 0 Å². The van der Waals surface area contributed by atoms with Gasteiger partial charge in [0.25, 0.3) is 0 Å². The lowest BCUT2D eigenvalue weighted by atomic mass is 10.2. The van der Waals surface area contributed by atoms with Crippen molar-refractivity contribution in [3.05, 3.63) is 0 Å². The summed E-state index contributed by atoms with van der Waals surface area (Å²) in [6.45, 7) is 5.53. The fourth-order valence-corrected chi connectivity index (χ4v) is 0.582. The highest BCUT2D eigenvalue weighted by Gasteiger charge is 2.09. The van der Waals surface area contributed by atoms with Crippen molar-refractivity contribution in [2.45, 2.75) is 39.0 Å². The largest absolute Gasteiger partial charge is 0.392 e. The first-order valence-electron chi connectivity index (χ1n) is 3.48. The van der Waals surface area contributed by atoms with Crippen LogP contribution in [0.25, 0.3) is 0 Å². The molecule has 0 aliphatic rings. The van der Waals surface area contributed by atoms with E-state index in [-0.39, 0.29) is 18.2 Å². The Morgan fingerprint density at radius 1 is 1.40 bits per heavy atom. The highest BCUT2D eigenvalue weighted by molar-refractivity contribution is 4.96. The van der Waals surface area contributed by atoms with Crippen LogP contribution in [-0.2, 0) is 0 Å². The number of rotatable bonds is 3. The quantitative estimate of drug-likeness (QED) is 0.556. The molecule has 0 saturated carbocycles. The molecule has 0 radical (unpaired) electrons. The Kier molecular flexibility index (Phi) is 4.10. The van der Waals surface area contributed by atoms with Crippen LogP contribution in [0, 0.1) is 12.3 Å². The lowest BCUT2D eigenvalue weighted by Crippen LogP contribution is -2.40. The summed E-state index contributed by atoms with van der Waals surface area (Å²) >= 11 is 0. The van der Waals surface area contributed by atoms with Crippen molar-refractivity contribution in [2.24, 2.45) is 0 Å². The number of aliphatic hydroxyl groups excluding tert-OH is 1. The van der Waals surface area contributed by atoms with E-state index >= 15 is 0 Å². The fourth-order valence-electron chi connectivity index (χ4n) is 0.582. The molecule has 3 unspecified atom stereocenters. The number of hydrogen-bond donors (Lipinski definition) is 2. The molecule has 0 aromatic carbocycles. The van der Waals surface area contributed by atoms with Crippen LogP contribution < -0.4 is 5.32 Å². The predicted molar refractivity (Wildman–Crippen MR) is 42.6 cm³/mol. The van der Waals surface area contributed by atoms with Crippen molar-refractivity contribution >= 4 is 0 Å². The van der Waals surface area contributed by atoms with Gasteiger partial charge in [0.1, 0.15) is 0 Å². The molecule has 0 saturated heterocycles. The Morgan fingerprint density at radius 3 is 2.20 bits per heavy atom. The topological polar surface area (TPSA) is 32.3 Å². The summed E-state index contributed by atoms with van der Waals surface area (Å²) in [5, 5.41) is 12.1. The van der Waals surface area contributed by atoms with Gasteiger partial charge in [-0.05, 0) is 20.8 Å². The SMILES string of the molecule is C#CC(C)NC(C)C(C)O. The minimum atomic E-state index is -0.351. The predicted octanol–water partition coefficient (Wildman–Crippen LogP) is 0.367. The van der Waals surface area contributed by atoms with E-state index in [1.54, 1.807) is 6.92 Å². The summed E-state index contributed by atoms with van der Waals surface area (Å²) in [5.74, 6) is 2.53. The second kappa shape index (κ2) is 4.32. The summed E-state index contributed by atoms with van der Waals surface area (Å²) in [5.41, 5.74) is 0. The molecule has 10 heavy (non-hydrogen) atoms. The lowest BCUT2D eigenvalue weighted by molar-refractivity contribution is 0.150. The highest BCUT2D eigenvalue weighted by atomic mass is 16.3. The molecule has 0 spiro atoms. The molecular formula is C8H15NO. The van der Waals surface area contributed by atoms with Crippen molar-refractivity contribution in [1.29, 1.82) is 0 Å². The summed E-state index contributed by atoms with van der Waals surface area (Å²) in [6.07, 6.45) is 4.78. The molecule has 0 fully saturated rings. The first kappa shape index (κ1) is 9.48. The second-order valence-corrected chi connectivity index (χ2v) is 2.58. The molecule has 2 N–H and O–H groups in total. The smallest absolute Gasteiger partial charge is 0.0662 e. The zero-order chi connectivity index (χ0) is 8.15. The van der Waals surface area contributed by atoms with Crippen LogP contribution in [-0.4, -0.2) is 23.3 Å². The Bertz CT molecular complexity index is 126. The molecule has 0 heterocycles. The van der Waals surface area contributed by atoms with Gasteiger partial charge in [0.05, 0.1) is 12.1 Å². The zero-order valence-corrected chi connectivity index (χ0v) is 6.76. The third-order valence-electron chi connectivity index (χ3n) is 1.49. The summed E-state index contributed by atoms with van der Waals surface area (Å²) < 4.78 is 0. The third kappa shape index (κ3) is 3.49. The van der Waals surface area contributed by atoms with E-state index in [2.05, 4.69) is 11.2 Å². The molecule has 0 aliphatic heterocycles. The van der Waals surface area contributed by atoms with Gasteiger partial charge in [-0.1, -0.05) is 5.92 Å². The van der Waals surface area contributed by atoms with Gasteiger partial charge < -0.3 is 5.11 Å². The molecule has 2 heteroatoms. The molecule has 0 aromatic rings. The van der Waals surface area contributed by atoms with Crippen molar-refractivity contribution in [3.63, 3.8) is 0 Å². The van der Waals surface area contributed by atoms with E-state index in [0.717, 1.165) is 0 Å². The number of nitrogens with one attached hydrogen (secondary N) is 1. The molecule has 0 amide bonds. The van der Waals surface area contributed by atoms with Crippen LogP contribution in [0.5, 0.6) is 0 Å². The van der Waals surface area contributed by atoms with Gasteiger partial charge in [-0.3, -0.25) is 5.32 Å². The fraction of sp³-hybridized carbons (Fsp3) is 0.750. The van der Waals surface area contributed by atoms with E-state index in [4.69, 9.17) is 11.5 Å². The Morgan fingerprint density at radius 2 is 1.90 bits per heavy atom. The van der Waals surface area contributed by atoms with Gasteiger partial charge in [-0.25, -0.2) is 0 Å². The normalized spacial score (nSPS) is 19.1. The number of terminal acetylenes is 1. The summed E-state index contributed by atoms with van der Waals surface area (Å²) in [4.78, 5) is 0. The first-order valence-corrected chi connectivity index (χ1v) is 3.48. The summed E-state index contributed by atoms with van der Waals surface area (Å²) in [6, 6.07) is 0.0932. The molecule has 3 atom stereocenters. The van der Waals surface area contributed by atoms with Crippen LogP contribution in [0.2, 0.25) is 0 Å². The summed E-state index contributed by atoms with van der Waals surface area (Å²) in [7, 11) is 0. The van der Waals surface area contributed by atoms with Crippen LogP contribution in [0.3, 0.4) is 0 Å². The average Bonchev–Trinajstić information content (AvgIpc) is 1.87. The zero-order valence-electron chi connectivity index (χ0n) is 6.76. The van der Waals surface area contributed by atoms with Gasteiger partial charge in [0.15, 0.2) is 0 Å². The second-order valence-electron chi connectivity index (χ2n) is 2.58. The lowest BCUT2D eigenvalue weighted by Gasteiger charge is -2.18. The first-order chi connectivity index (χ1) is 4.57. The van der Waals surface area contributed by atoms with Crippen LogP contribution in [0.15, 0.2) is 0 Å². The third-order valence-corrected chi connectivity index (χ3v) is 1.49. The maximum Gasteiger partial charge on any atom is 0.0662 e. The highest BCUT2D eigenvalue weighted by Crippen LogP contribution is 1.91. The molecule has 0 bridgehead atoms. The van der Waals surface area contributed by atoms with Crippen molar-refractivity contribution in [2.75, 3.05) is 0 Å². The number of aliphatic hydroxyl groups is 1. The molecule has 2 nitrogen and oxygen atoms in total. The average molecular weight is 141 g/mol. The molecule has 0 rings (SSSR count). The van der Waals surface area contributed by atoms with E-state index < -0.39 is 0 Å². The Hall–Kier alpha value is -0.520. The van der Waals surface area contributed by atoms with Crippen LogP contribution in [0.1, 0.15) is 20.8 Å². The van der Waals surface area contributed by atoms with Gasteiger partial charge >= 0.3 is 0 Å². The van der Waals surface area contributed by atoms with Gasteiger partial charge in [0, 0.05) is 6.04 Å². The molecule has 58 valence electrons. The van der Waals surface area contributed by atoms with E-state index in [9.17, 15) is 0 Å². The van der Waals surface area contributed by atoms with Gasteiger partial charge in [-0.15, -0.1) is 6.42 Å². The minimum absolute atomic E-state index is 0.0320. The monoisotopic (exact) mass is 141 g/mol. The van der Waals surface area contributed by atoms with E-state index in [1.165, 1.54) is 0 Å². The Labute approximate surface area is 62.6 Å².